The van der Waals surface area contributed by atoms with E-state index in [-0.39, 0.29) is 6.61 Å². The second-order valence-electron chi connectivity index (χ2n) is 5.73. The lowest BCUT2D eigenvalue weighted by Crippen LogP contribution is -1.87. The summed E-state index contributed by atoms with van der Waals surface area (Å²) < 4.78 is 0. The number of rotatable bonds is 4. The molecule has 0 aromatic heterocycles. The minimum atomic E-state index is 0.00193. The first-order valence-electron chi connectivity index (χ1n) is 8.91. The molecule has 0 aliphatic rings. The average Bonchev–Trinajstić information content (AvgIpc) is 2.70. The van der Waals surface area contributed by atoms with E-state index in [0.717, 1.165) is 11.1 Å². The SMILES string of the molecule is CC.Cc1c(/C=C/c2ccc(CO)cc2Cl)cccc1-c1ccccc1. The summed E-state index contributed by atoms with van der Waals surface area (Å²) in [7, 11) is 0. The van der Waals surface area contributed by atoms with E-state index in [9.17, 15) is 0 Å². The third kappa shape index (κ3) is 4.85. The van der Waals surface area contributed by atoms with Crippen LogP contribution in [0.25, 0.3) is 23.3 Å². The summed E-state index contributed by atoms with van der Waals surface area (Å²) in [6, 6.07) is 22.3. The van der Waals surface area contributed by atoms with E-state index in [1.165, 1.54) is 22.3 Å². The van der Waals surface area contributed by atoms with Gasteiger partial charge in [0, 0.05) is 5.02 Å². The lowest BCUT2D eigenvalue weighted by molar-refractivity contribution is 0.282. The van der Waals surface area contributed by atoms with Gasteiger partial charge in [-0.25, -0.2) is 0 Å². The van der Waals surface area contributed by atoms with Crippen LogP contribution in [0, 0.1) is 6.92 Å². The Labute approximate surface area is 161 Å². The topological polar surface area (TPSA) is 20.2 Å². The van der Waals surface area contributed by atoms with Crippen LogP contribution in [0.3, 0.4) is 0 Å². The number of hydrogen-bond acceptors (Lipinski definition) is 1. The average molecular weight is 365 g/mol. The largest absolute Gasteiger partial charge is 0.392 e. The van der Waals surface area contributed by atoms with Crippen LogP contribution < -0.4 is 0 Å². The fraction of sp³-hybridized carbons (Fsp3) is 0.167. The first-order valence-corrected chi connectivity index (χ1v) is 9.29. The predicted molar refractivity (Wildman–Crippen MR) is 114 cm³/mol. The number of halogens is 1. The molecule has 0 saturated carbocycles. The van der Waals surface area contributed by atoms with Crippen LogP contribution >= 0.6 is 11.6 Å². The summed E-state index contributed by atoms with van der Waals surface area (Å²) >= 11 is 6.28. The van der Waals surface area contributed by atoms with Gasteiger partial charge < -0.3 is 5.11 Å². The monoisotopic (exact) mass is 364 g/mol. The van der Waals surface area contributed by atoms with Crippen LogP contribution in [0.2, 0.25) is 5.02 Å². The smallest absolute Gasteiger partial charge is 0.0682 e. The van der Waals surface area contributed by atoms with E-state index in [0.29, 0.717) is 5.02 Å². The van der Waals surface area contributed by atoms with E-state index >= 15 is 0 Å². The summed E-state index contributed by atoms with van der Waals surface area (Å²) in [6.07, 6.45) is 4.10. The third-order valence-corrected chi connectivity index (χ3v) is 4.48. The highest BCUT2D eigenvalue weighted by atomic mass is 35.5. The molecule has 0 heterocycles. The molecule has 3 rings (SSSR count). The Morgan fingerprint density at radius 2 is 1.54 bits per heavy atom. The zero-order valence-corrected chi connectivity index (χ0v) is 16.3. The molecule has 0 bridgehead atoms. The van der Waals surface area contributed by atoms with Crippen molar-refractivity contribution in [1.82, 2.24) is 0 Å². The van der Waals surface area contributed by atoms with Gasteiger partial charge in [0.05, 0.1) is 6.61 Å². The van der Waals surface area contributed by atoms with Crippen molar-refractivity contribution in [1.29, 1.82) is 0 Å². The van der Waals surface area contributed by atoms with Crippen LogP contribution in [0.1, 0.15) is 36.1 Å². The zero-order chi connectivity index (χ0) is 18.9. The molecule has 0 amide bonds. The van der Waals surface area contributed by atoms with Gasteiger partial charge in [-0.3, -0.25) is 0 Å². The Balaban J connectivity index is 0.00000117. The van der Waals surface area contributed by atoms with Crippen molar-refractivity contribution >= 4 is 23.8 Å². The minimum absolute atomic E-state index is 0.00193. The van der Waals surface area contributed by atoms with Gasteiger partial charge in [0.1, 0.15) is 0 Å². The molecular weight excluding hydrogens is 340 g/mol. The summed E-state index contributed by atoms with van der Waals surface area (Å²) in [5, 5.41) is 9.81. The standard InChI is InChI=1S/C22H19ClO.C2H6/c1-16-18(8-5-9-21(16)19-6-3-2-4-7-19)12-13-20-11-10-17(15-24)14-22(20)23;1-2/h2-14,24H,15H2,1H3;1-2H3/b13-12+;. The Morgan fingerprint density at radius 3 is 2.19 bits per heavy atom. The molecule has 0 spiro atoms. The van der Waals surface area contributed by atoms with Crippen molar-refractivity contribution in [3.63, 3.8) is 0 Å². The first kappa shape index (κ1) is 20.0. The second kappa shape index (κ2) is 9.96. The van der Waals surface area contributed by atoms with Crippen molar-refractivity contribution in [3.05, 3.63) is 94.0 Å². The van der Waals surface area contributed by atoms with Crippen molar-refractivity contribution in [3.8, 4) is 11.1 Å². The number of benzene rings is 3. The maximum absolute atomic E-state index is 9.16. The molecule has 0 atom stereocenters. The maximum Gasteiger partial charge on any atom is 0.0682 e. The van der Waals surface area contributed by atoms with Gasteiger partial charge in [-0.1, -0.05) is 98.3 Å². The van der Waals surface area contributed by atoms with Crippen LogP contribution in [0.4, 0.5) is 0 Å². The van der Waals surface area contributed by atoms with Crippen LogP contribution in [-0.4, -0.2) is 5.11 Å². The molecule has 0 unspecified atom stereocenters. The summed E-state index contributed by atoms with van der Waals surface area (Å²) in [5.74, 6) is 0. The number of aliphatic hydroxyl groups is 1. The lowest BCUT2D eigenvalue weighted by Gasteiger charge is -2.09. The van der Waals surface area contributed by atoms with E-state index in [4.69, 9.17) is 16.7 Å². The van der Waals surface area contributed by atoms with Gasteiger partial charge in [-0.15, -0.1) is 0 Å². The minimum Gasteiger partial charge on any atom is -0.392 e. The molecule has 2 heteroatoms. The normalized spacial score (nSPS) is 10.5. The summed E-state index contributed by atoms with van der Waals surface area (Å²) in [4.78, 5) is 0. The Kier molecular flexibility index (Phi) is 7.65. The molecule has 0 aliphatic heterocycles. The van der Waals surface area contributed by atoms with Gasteiger partial charge in [0.15, 0.2) is 0 Å². The predicted octanol–water partition coefficient (Wildman–Crippen LogP) is 7.00. The van der Waals surface area contributed by atoms with Gasteiger partial charge in [-0.05, 0) is 46.4 Å². The molecule has 0 saturated heterocycles. The van der Waals surface area contributed by atoms with Crippen molar-refractivity contribution < 1.29 is 5.11 Å². The highest BCUT2D eigenvalue weighted by molar-refractivity contribution is 6.32. The Morgan fingerprint density at radius 1 is 0.846 bits per heavy atom. The zero-order valence-electron chi connectivity index (χ0n) is 15.5. The summed E-state index contributed by atoms with van der Waals surface area (Å²) in [6.45, 7) is 6.14. The van der Waals surface area contributed by atoms with E-state index < -0.39 is 0 Å². The molecule has 134 valence electrons. The second-order valence-corrected chi connectivity index (χ2v) is 6.14. The van der Waals surface area contributed by atoms with Crippen molar-refractivity contribution in [2.24, 2.45) is 0 Å². The Hall–Kier alpha value is -2.35. The fourth-order valence-electron chi connectivity index (χ4n) is 2.75. The van der Waals surface area contributed by atoms with E-state index in [1.54, 1.807) is 6.07 Å². The van der Waals surface area contributed by atoms with E-state index in [2.05, 4.69) is 55.5 Å². The Bertz CT molecular complexity index is 867. The molecule has 0 aliphatic carbocycles. The molecule has 0 fully saturated rings. The molecule has 3 aromatic carbocycles. The number of aliphatic hydroxyl groups excluding tert-OH is 1. The number of hydrogen-bond donors (Lipinski definition) is 1. The fourth-order valence-corrected chi connectivity index (χ4v) is 3.01. The molecule has 1 N–H and O–H groups in total. The molecule has 26 heavy (non-hydrogen) atoms. The lowest BCUT2D eigenvalue weighted by atomic mass is 9.96. The van der Waals surface area contributed by atoms with Gasteiger partial charge in [0.25, 0.3) is 0 Å². The molecular formula is C24H25ClO. The highest BCUT2D eigenvalue weighted by Crippen LogP contribution is 2.27. The molecule has 3 aromatic rings. The van der Waals surface area contributed by atoms with E-state index in [1.807, 2.05) is 38.1 Å². The highest BCUT2D eigenvalue weighted by Gasteiger charge is 2.04. The van der Waals surface area contributed by atoms with Gasteiger partial charge in [0.2, 0.25) is 0 Å². The van der Waals surface area contributed by atoms with Crippen molar-refractivity contribution in [2.45, 2.75) is 27.4 Å². The van der Waals surface area contributed by atoms with Crippen LogP contribution in [0.5, 0.6) is 0 Å². The summed E-state index contributed by atoms with van der Waals surface area (Å²) in [5.41, 5.74) is 6.62. The van der Waals surface area contributed by atoms with Crippen LogP contribution in [0.15, 0.2) is 66.7 Å². The first-order chi connectivity index (χ1) is 12.7. The third-order valence-electron chi connectivity index (χ3n) is 4.15. The molecule has 0 radical (unpaired) electrons. The maximum atomic E-state index is 9.16. The van der Waals surface area contributed by atoms with Gasteiger partial charge >= 0.3 is 0 Å². The quantitative estimate of drug-likeness (QED) is 0.494. The van der Waals surface area contributed by atoms with Gasteiger partial charge in [-0.2, -0.15) is 0 Å². The molecule has 1 nitrogen and oxygen atoms in total. The van der Waals surface area contributed by atoms with Crippen LogP contribution in [-0.2, 0) is 6.61 Å². The van der Waals surface area contributed by atoms with Crippen molar-refractivity contribution in [2.75, 3.05) is 0 Å².